The van der Waals surface area contributed by atoms with E-state index in [4.69, 9.17) is 0 Å². The highest BCUT2D eigenvalue weighted by molar-refractivity contribution is 4.62. The zero-order valence-electron chi connectivity index (χ0n) is 14.8. The van der Waals surface area contributed by atoms with E-state index in [1.807, 2.05) is 4.90 Å². The second-order valence-corrected chi connectivity index (χ2v) is 6.97. The molecule has 0 amide bonds. The first-order chi connectivity index (χ1) is 9.88. The summed E-state index contributed by atoms with van der Waals surface area (Å²) in [6, 6.07) is 1.01. The van der Waals surface area contributed by atoms with Gasteiger partial charge in [-0.15, -0.1) is 0 Å². The molecule has 2 atom stereocenters. The fraction of sp³-hybridized carbons (Fsp3) is 1.00. The molecule has 0 radical (unpaired) electrons. The summed E-state index contributed by atoms with van der Waals surface area (Å²) in [5.74, 6) is 0. The van der Waals surface area contributed by atoms with Gasteiger partial charge in [0, 0.05) is 12.8 Å². The smallest absolute Gasteiger partial charge is 0.0876 e. The highest BCUT2D eigenvalue weighted by Crippen LogP contribution is 2.11. The molecule has 1 rings (SSSR count). The molecule has 1 aliphatic heterocycles. The van der Waals surface area contributed by atoms with Crippen LogP contribution in [-0.4, -0.2) is 19.1 Å². The predicted molar refractivity (Wildman–Crippen MR) is 90.5 cm³/mol. The van der Waals surface area contributed by atoms with Gasteiger partial charge in [-0.25, -0.2) is 0 Å². The first kappa shape index (κ1) is 21.2. The van der Waals surface area contributed by atoms with Crippen molar-refractivity contribution in [3.8, 4) is 0 Å². The molecule has 1 N–H and O–H groups in total. The van der Waals surface area contributed by atoms with E-state index in [0.29, 0.717) is 0 Å². The monoisotopic (exact) mass is 317 g/mol. The molecule has 0 saturated carbocycles. The van der Waals surface area contributed by atoms with Crippen LogP contribution < -0.4 is 17.3 Å². The van der Waals surface area contributed by atoms with E-state index in [1.54, 1.807) is 0 Å². The third-order valence-electron chi connectivity index (χ3n) is 5.12. The lowest BCUT2D eigenvalue weighted by Crippen LogP contribution is -3.13. The summed E-state index contributed by atoms with van der Waals surface area (Å²) in [5, 5.41) is 0. The third-order valence-corrected chi connectivity index (χ3v) is 5.12. The lowest BCUT2D eigenvalue weighted by atomic mass is 10.1. The fourth-order valence-electron chi connectivity index (χ4n) is 3.85. The maximum absolute atomic E-state index is 2.34. The number of likely N-dealkylation sites (tertiary alicyclic amines) is 1. The molecule has 2 unspecified atom stereocenters. The largest absolute Gasteiger partial charge is 1.00 e. The van der Waals surface area contributed by atoms with Gasteiger partial charge in [0.15, 0.2) is 0 Å². The van der Waals surface area contributed by atoms with Gasteiger partial charge in [-0.05, 0) is 19.3 Å². The molecule has 2 heteroatoms. The average Bonchev–Trinajstić information content (AvgIpc) is 2.89. The Morgan fingerprint density at radius 1 is 0.762 bits per heavy atom. The number of rotatable bonds is 13. The number of nitrogens with one attached hydrogen (secondary N) is 1. The summed E-state index contributed by atoms with van der Waals surface area (Å²) < 4.78 is 0. The van der Waals surface area contributed by atoms with Gasteiger partial charge in [-0.1, -0.05) is 71.6 Å². The number of unbranched alkanes of at least 4 members (excludes halogenated alkanes) is 9. The van der Waals surface area contributed by atoms with Crippen LogP contribution in [0.1, 0.15) is 104 Å². The van der Waals surface area contributed by atoms with Gasteiger partial charge in [0.25, 0.3) is 0 Å². The van der Waals surface area contributed by atoms with Crippen LogP contribution in [0.5, 0.6) is 0 Å². The highest BCUT2D eigenvalue weighted by Gasteiger charge is 2.26. The van der Waals surface area contributed by atoms with Crippen LogP contribution in [0.15, 0.2) is 0 Å². The summed E-state index contributed by atoms with van der Waals surface area (Å²) in [4.78, 5) is 1.94. The van der Waals surface area contributed by atoms with Crippen molar-refractivity contribution in [1.82, 2.24) is 0 Å². The third kappa shape index (κ3) is 10.6. The minimum atomic E-state index is 0. The molecule has 0 aromatic carbocycles. The van der Waals surface area contributed by atoms with Crippen molar-refractivity contribution in [1.29, 1.82) is 0 Å². The van der Waals surface area contributed by atoms with Crippen molar-refractivity contribution in [2.45, 2.75) is 110 Å². The summed E-state index contributed by atoms with van der Waals surface area (Å²) in [7, 11) is 0. The molecule has 21 heavy (non-hydrogen) atoms. The number of halogens is 1. The molecule has 0 aromatic heterocycles. The average molecular weight is 318 g/mol. The van der Waals surface area contributed by atoms with E-state index >= 15 is 0 Å². The van der Waals surface area contributed by atoms with Crippen LogP contribution in [0.25, 0.3) is 0 Å². The molecule has 1 fully saturated rings. The van der Waals surface area contributed by atoms with Crippen molar-refractivity contribution < 1.29 is 17.3 Å². The van der Waals surface area contributed by atoms with E-state index in [0.717, 1.165) is 6.04 Å². The van der Waals surface area contributed by atoms with Gasteiger partial charge in [-0.3, -0.25) is 0 Å². The quantitative estimate of drug-likeness (QED) is 0.494. The number of hydrogen-bond donors (Lipinski definition) is 1. The van der Waals surface area contributed by atoms with Gasteiger partial charge in [-0.2, -0.15) is 0 Å². The van der Waals surface area contributed by atoms with E-state index in [9.17, 15) is 0 Å². The number of quaternary nitrogens is 1. The zero-order chi connectivity index (χ0) is 14.5. The summed E-state index contributed by atoms with van der Waals surface area (Å²) >= 11 is 0. The lowest BCUT2D eigenvalue weighted by molar-refractivity contribution is -0.912. The second-order valence-electron chi connectivity index (χ2n) is 6.97. The number of hydrogen-bond acceptors (Lipinski definition) is 0. The van der Waals surface area contributed by atoms with Crippen molar-refractivity contribution in [2.75, 3.05) is 13.1 Å². The summed E-state index contributed by atoms with van der Waals surface area (Å²) in [5.41, 5.74) is 0. The highest BCUT2D eigenvalue weighted by atomic mass is 35.5. The molecule has 1 heterocycles. The molecule has 128 valence electrons. The lowest BCUT2D eigenvalue weighted by Gasteiger charge is -2.21. The van der Waals surface area contributed by atoms with Gasteiger partial charge in [0.05, 0.1) is 19.1 Å². The van der Waals surface area contributed by atoms with E-state index in [1.165, 1.54) is 103 Å². The Morgan fingerprint density at radius 3 is 1.90 bits per heavy atom. The topological polar surface area (TPSA) is 4.44 Å². The van der Waals surface area contributed by atoms with Gasteiger partial charge in [0.1, 0.15) is 0 Å². The van der Waals surface area contributed by atoms with Crippen LogP contribution >= 0.6 is 0 Å². The standard InChI is InChI=1S/C19H39N.ClH/c1-3-5-6-7-8-9-10-11-12-13-17-20-18-14-16-19(20)15-4-2;/h19H,3-18H2,1-2H3;1H. The first-order valence-corrected chi connectivity index (χ1v) is 9.73. The summed E-state index contributed by atoms with van der Waals surface area (Å²) in [6.07, 6.45) is 20.5. The molecule has 0 spiro atoms. The van der Waals surface area contributed by atoms with Crippen molar-refractivity contribution in [3.05, 3.63) is 0 Å². The van der Waals surface area contributed by atoms with E-state index in [-0.39, 0.29) is 12.4 Å². The van der Waals surface area contributed by atoms with Crippen molar-refractivity contribution in [3.63, 3.8) is 0 Å². The summed E-state index contributed by atoms with van der Waals surface area (Å²) in [6.45, 7) is 7.56. The van der Waals surface area contributed by atoms with Crippen molar-refractivity contribution in [2.24, 2.45) is 0 Å². The maximum atomic E-state index is 2.34. The molecular weight excluding hydrogens is 278 g/mol. The van der Waals surface area contributed by atoms with Crippen LogP contribution in [0.2, 0.25) is 0 Å². The Morgan fingerprint density at radius 2 is 1.33 bits per heavy atom. The Balaban J connectivity index is 0.00000400. The first-order valence-electron chi connectivity index (χ1n) is 9.73. The van der Waals surface area contributed by atoms with Gasteiger partial charge >= 0.3 is 0 Å². The molecule has 0 aromatic rings. The molecule has 0 aliphatic carbocycles. The molecule has 0 bridgehead atoms. The normalized spacial score (nSPS) is 21.4. The SMILES string of the molecule is CCCCCCCCCCCC[NH+]1CCCC1CCC.[Cl-]. The molecular formula is C19H40ClN. The van der Waals surface area contributed by atoms with E-state index in [2.05, 4.69) is 13.8 Å². The van der Waals surface area contributed by atoms with Gasteiger partial charge < -0.3 is 17.3 Å². The Kier molecular flexibility index (Phi) is 15.3. The Hall–Kier alpha value is 0.250. The molecule has 1 aliphatic rings. The van der Waals surface area contributed by atoms with Crippen LogP contribution in [0.3, 0.4) is 0 Å². The van der Waals surface area contributed by atoms with Crippen LogP contribution in [0, 0.1) is 0 Å². The van der Waals surface area contributed by atoms with E-state index < -0.39 is 0 Å². The predicted octanol–water partition coefficient (Wildman–Crippen LogP) is 1.76. The van der Waals surface area contributed by atoms with Gasteiger partial charge in [0.2, 0.25) is 0 Å². The molecule has 1 nitrogen and oxygen atoms in total. The Bertz CT molecular complexity index is 208. The maximum Gasteiger partial charge on any atom is 0.0876 e. The fourth-order valence-corrected chi connectivity index (χ4v) is 3.85. The zero-order valence-corrected chi connectivity index (χ0v) is 15.5. The Labute approximate surface area is 140 Å². The molecule has 1 saturated heterocycles. The van der Waals surface area contributed by atoms with Crippen LogP contribution in [0.4, 0.5) is 0 Å². The minimum absolute atomic E-state index is 0. The minimum Gasteiger partial charge on any atom is -1.00 e. The van der Waals surface area contributed by atoms with Crippen molar-refractivity contribution >= 4 is 0 Å². The second kappa shape index (κ2) is 15.2. The van der Waals surface area contributed by atoms with Crippen LogP contribution in [-0.2, 0) is 0 Å².